The van der Waals surface area contributed by atoms with E-state index in [0.717, 1.165) is 11.3 Å². The van der Waals surface area contributed by atoms with Gasteiger partial charge in [0, 0.05) is 0 Å². The number of benzene rings is 1. The fraction of sp³-hybridized carbons (Fsp3) is 0.571. The van der Waals surface area contributed by atoms with Gasteiger partial charge in [0.2, 0.25) is 0 Å². The summed E-state index contributed by atoms with van der Waals surface area (Å²) in [7, 11) is 1.29. The van der Waals surface area contributed by atoms with Gasteiger partial charge in [-0.2, -0.15) is 0 Å². The highest BCUT2D eigenvalue weighted by atomic mass is 31.1. The summed E-state index contributed by atoms with van der Waals surface area (Å²) >= 11 is 0. The second-order valence-corrected chi connectivity index (χ2v) is 6.08. The van der Waals surface area contributed by atoms with Crippen LogP contribution in [0.1, 0.15) is 39.5 Å². The maximum Gasteiger partial charge on any atom is -0.0237 e. The van der Waals surface area contributed by atoms with Gasteiger partial charge in [-0.1, -0.05) is 50.2 Å². The average molecular weight is 222 g/mol. The van der Waals surface area contributed by atoms with Crippen LogP contribution in [0.15, 0.2) is 36.4 Å². The van der Waals surface area contributed by atoms with E-state index in [-0.39, 0.29) is 0 Å². The van der Waals surface area contributed by atoms with E-state index in [9.17, 15) is 0 Å². The lowest BCUT2D eigenvalue weighted by molar-refractivity contribution is 0.696. The van der Waals surface area contributed by atoms with E-state index in [2.05, 4.69) is 13.8 Å². The first-order valence-electron chi connectivity index (χ1n) is 6.12. The first-order valence-corrected chi connectivity index (χ1v) is 7.28. The van der Waals surface area contributed by atoms with Gasteiger partial charge in [-0.05, 0) is 37.0 Å². The Kier molecular flexibility index (Phi) is 6.68. The third-order valence-electron chi connectivity index (χ3n) is 2.99. The molecule has 1 aromatic rings. The molecule has 0 N–H and O–H groups in total. The van der Waals surface area contributed by atoms with E-state index in [4.69, 9.17) is 0 Å². The van der Waals surface area contributed by atoms with Gasteiger partial charge in [0.05, 0.1) is 0 Å². The first kappa shape index (κ1) is 12.7. The van der Waals surface area contributed by atoms with Crippen molar-refractivity contribution in [1.29, 1.82) is 0 Å². The van der Waals surface area contributed by atoms with Crippen molar-refractivity contribution < 1.29 is 0 Å². The Morgan fingerprint density at radius 3 is 1.33 bits per heavy atom. The van der Waals surface area contributed by atoms with Gasteiger partial charge in [0.15, 0.2) is 0 Å². The summed E-state index contributed by atoms with van der Waals surface area (Å²) in [4.78, 5) is 0. The van der Waals surface area contributed by atoms with Gasteiger partial charge in [0.25, 0.3) is 0 Å². The molecule has 84 valence electrons. The molecule has 0 saturated carbocycles. The first-order chi connectivity index (χ1) is 7.36. The van der Waals surface area contributed by atoms with Gasteiger partial charge < -0.3 is 0 Å². The summed E-state index contributed by atoms with van der Waals surface area (Å²) in [5.41, 5.74) is 2.21. The van der Waals surface area contributed by atoms with Gasteiger partial charge >= 0.3 is 0 Å². The highest BCUT2D eigenvalue weighted by Gasteiger charge is 2.20. The summed E-state index contributed by atoms with van der Waals surface area (Å²) in [6.07, 6.45) is 5.89. The van der Waals surface area contributed by atoms with Crippen LogP contribution in [0.3, 0.4) is 0 Å². The van der Waals surface area contributed by atoms with Crippen LogP contribution in [-0.2, 0) is 0 Å². The topological polar surface area (TPSA) is 0 Å². The van der Waals surface area contributed by atoms with Gasteiger partial charge in [-0.15, -0.1) is 8.58 Å². The molecule has 0 bridgehead atoms. The molecular formula is C14H23P. The molecule has 0 aliphatic carbocycles. The fourth-order valence-corrected chi connectivity index (χ4v) is 3.74. The second-order valence-electron chi connectivity index (χ2n) is 4.11. The Morgan fingerprint density at radius 1 is 0.800 bits per heavy atom. The lowest BCUT2D eigenvalue weighted by Crippen LogP contribution is -1.90. The summed E-state index contributed by atoms with van der Waals surface area (Å²) in [6, 6.07) is 12.0. The van der Waals surface area contributed by atoms with Crippen LogP contribution in [0.4, 0.5) is 0 Å². The van der Waals surface area contributed by atoms with E-state index in [1.807, 2.05) is 36.4 Å². The van der Waals surface area contributed by atoms with Crippen LogP contribution in [0, 0.1) is 0 Å². The molecule has 15 heavy (non-hydrogen) atoms. The predicted octanol–water partition coefficient (Wildman–Crippen LogP) is 4.70. The molecule has 0 unspecified atom stereocenters. The van der Waals surface area contributed by atoms with Crippen molar-refractivity contribution >= 4 is 8.58 Å². The molecule has 0 amide bonds. The van der Waals surface area contributed by atoms with Crippen molar-refractivity contribution in [2.45, 2.75) is 50.8 Å². The number of hydrogen-bond acceptors (Lipinski definition) is 0. The molecule has 1 saturated heterocycles. The smallest absolute Gasteiger partial charge is 0.0237 e. The molecule has 0 spiro atoms. The standard InChI is InChI=1S/C8H17P.C6H6/c1-3-7-5-6-8(4-2)9-7;1-2-4-6-5-3-1/h7-9H,3-6H2,1-2H3;1-6H/t7-,8-;/m1./s1. The zero-order valence-electron chi connectivity index (χ0n) is 9.95. The zero-order valence-corrected chi connectivity index (χ0v) is 10.9. The zero-order chi connectivity index (χ0) is 10.9. The summed E-state index contributed by atoms with van der Waals surface area (Å²) in [5.74, 6) is 0. The van der Waals surface area contributed by atoms with Crippen molar-refractivity contribution in [3.63, 3.8) is 0 Å². The van der Waals surface area contributed by atoms with Crippen molar-refractivity contribution in [2.24, 2.45) is 0 Å². The largest absolute Gasteiger partial charge is 0.116 e. The molecule has 1 aliphatic rings. The van der Waals surface area contributed by atoms with Crippen LogP contribution in [0.5, 0.6) is 0 Å². The van der Waals surface area contributed by atoms with Crippen LogP contribution >= 0.6 is 8.58 Å². The molecule has 0 nitrogen and oxygen atoms in total. The van der Waals surface area contributed by atoms with E-state index < -0.39 is 0 Å². The van der Waals surface area contributed by atoms with Crippen molar-refractivity contribution in [3.05, 3.63) is 36.4 Å². The Morgan fingerprint density at radius 2 is 1.13 bits per heavy atom. The minimum absolute atomic E-state index is 1.11. The van der Waals surface area contributed by atoms with Gasteiger partial charge in [-0.3, -0.25) is 0 Å². The normalized spacial score (nSPS) is 24.4. The molecule has 0 aromatic heterocycles. The fourth-order valence-electron chi connectivity index (χ4n) is 1.93. The lowest BCUT2D eigenvalue weighted by atomic mass is 10.1. The van der Waals surface area contributed by atoms with Crippen LogP contribution in [-0.4, -0.2) is 11.3 Å². The summed E-state index contributed by atoms with van der Waals surface area (Å²) in [6.45, 7) is 4.66. The van der Waals surface area contributed by atoms with Crippen LogP contribution in [0.2, 0.25) is 0 Å². The minimum Gasteiger partial charge on any atom is -0.116 e. The molecule has 1 heterocycles. The van der Waals surface area contributed by atoms with E-state index in [0.29, 0.717) is 0 Å². The van der Waals surface area contributed by atoms with E-state index >= 15 is 0 Å². The SMILES string of the molecule is CC[C@@H]1CC[C@@H](CC)P1.c1ccccc1. The molecular weight excluding hydrogens is 199 g/mol. The molecule has 2 atom stereocenters. The van der Waals surface area contributed by atoms with Crippen molar-refractivity contribution in [2.75, 3.05) is 0 Å². The summed E-state index contributed by atoms with van der Waals surface area (Å²) in [5, 5.41) is 0. The Hall–Kier alpha value is -0.350. The van der Waals surface area contributed by atoms with Crippen LogP contribution < -0.4 is 0 Å². The Balaban J connectivity index is 0.000000162. The second kappa shape index (κ2) is 7.88. The quantitative estimate of drug-likeness (QED) is 0.636. The highest BCUT2D eigenvalue weighted by molar-refractivity contribution is 7.40. The third-order valence-corrected chi connectivity index (χ3v) is 5.32. The lowest BCUT2D eigenvalue weighted by Gasteiger charge is -2.05. The molecule has 0 radical (unpaired) electrons. The molecule has 1 heteroatoms. The molecule has 1 fully saturated rings. The maximum atomic E-state index is 2.33. The molecule has 1 aliphatic heterocycles. The van der Waals surface area contributed by atoms with Gasteiger partial charge in [-0.25, -0.2) is 0 Å². The van der Waals surface area contributed by atoms with Crippen LogP contribution in [0.25, 0.3) is 0 Å². The number of hydrogen-bond donors (Lipinski definition) is 0. The summed E-state index contributed by atoms with van der Waals surface area (Å²) < 4.78 is 0. The highest BCUT2D eigenvalue weighted by Crippen LogP contribution is 2.42. The predicted molar refractivity (Wildman–Crippen MR) is 72.1 cm³/mol. The average Bonchev–Trinajstić information content (AvgIpc) is 2.80. The number of rotatable bonds is 2. The maximum absolute atomic E-state index is 2.33. The molecule has 1 aromatic carbocycles. The van der Waals surface area contributed by atoms with Crippen molar-refractivity contribution in [3.8, 4) is 0 Å². The van der Waals surface area contributed by atoms with E-state index in [1.165, 1.54) is 34.3 Å². The third kappa shape index (κ3) is 5.33. The Labute approximate surface area is 96.3 Å². The Bertz CT molecular complexity index is 196. The minimum atomic E-state index is 1.11. The van der Waals surface area contributed by atoms with E-state index in [1.54, 1.807) is 0 Å². The molecule has 2 rings (SSSR count). The van der Waals surface area contributed by atoms with Crippen molar-refractivity contribution in [1.82, 2.24) is 0 Å². The van der Waals surface area contributed by atoms with Gasteiger partial charge in [0.1, 0.15) is 0 Å². The monoisotopic (exact) mass is 222 g/mol.